The fraction of sp³-hybridized carbons (Fsp3) is 0.375. The standard InChI is InChI=1S/C24H29N3O6S/c1-24(2,33-23(25)31)9-7-19(15-3-5-17(6-4-15)32-18(13-28)14-29)22(30)27-21-11-16-8-10-26-12-20(16)34-21/h3-6,8,10-12,18-19,28-29H,7,9,13-14H2,1-2H3,(H2,25,31)(H,27,30). The van der Waals surface area contributed by atoms with Gasteiger partial charge < -0.3 is 30.7 Å². The third-order valence-corrected chi connectivity index (χ3v) is 6.29. The molecular formula is C24H29N3O6S. The van der Waals surface area contributed by atoms with Gasteiger partial charge in [0.25, 0.3) is 0 Å². The molecule has 5 N–H and O–H groups in total. The van der Waals surface area contributed by atoms with Gasteiger partial charge in [0.15, 0.2) is 0 Å². The third-order valence-electron chi connectivity index (χ3n) is 5.29. The predicted octanol–water partition coefficient (Wildman–Crippen LogP) is 3.40. The Morgan fingerprint density at radius 3 is 2.50 bits per heavy atom. The van der Waals surface area contributed by atoms with Crippen LogP contribution in [-0.2, 0) is 9.53 Å². The number of benzene rings is 1. The Kier molecular flexibility index (Phi) is 8.43. The van der Waals surface area contributed by atoms with E-state index >= 15 is 0 Å². The van der Waals surface area contributed by atoms with Crippen molar-refractivity contribution in [2.24, 2.45) is 5.73 Å². The summed E-state index contributed by atoms with van der Waals surface area (Å²) in [6, 6.07) is 10.7. The molecule has 3 aromatic rings. The number of hydrogen-bond acceptors (Lipinski definition) is 8. The number of nitrogens with two attached hydrogens (primary N) is 1. The van der Waals surface area contributed by atoms with Crippen LogP contribution in [0, 0.1) is 0 Å². The number of aromatic nitrogens is 1. The van der Waals surface area contributed by atoms with Crippen molar-refractivity contribution >= 4 is 38.4 Å². The van der Waals surface area contributed by atoms with E-state index in [4.69, 9.17) is 15.2 Å². The summed E-state index contributed by atoms with van der Waals surface area (Å²) in [5.74, 6) is -0.281. The quantitative estimate of drug-likeness (QED) is 0.324. The highest BCUT2D eigenvalue weighted by Gasteiger charge is 2.28. The minimum Gasteiger partial charge on any atom is -0.486 e. The maximum absolute atomic E-state index is 13.3. The molecule has 0 saturated heterocycles. The number of fused-ring (bicyclic) bond motifs is 1. The highest BCUT2D eigenvalue weighted by Crippen LogP contribution is 2.33. The average molecular weight is 488 g/mol. The van der Waals surface area contributed by atoms with Gasteiger partial charge in [0, 0.05) is 12.4 Å². The van der Waals surface area contributed by atoms with Crippen LogP contribution < -0.4 is 15.8 Å². The Bertz CT molecular complexity index is 1080. The van der Waals surface area contributed by atoms with E-state index in [0.29, 0.717) is 23.6 Å². The number of pyridine rings is 1. The molecule has 0 spiro atoms. The molecule has 0 bridgehead atoms. The summed E-state index contributed by atoms with van der Waals surface area (Å²) in [6.07, 6.45) is 2.66. The highest BCUT2D eigenvalue weighted by molar-refractivity contribution is 7.22. The molecule has 0 fully saturated rings. The SMILES string of the molecule is CC(C)(CCC(C(=O)Nc1cc2ccncc2s1)c1ccc(OC(CO)CO)cc1)OC(N)=O. The number of rotatable bonds is 11. The van der Waals surface area contributed by atoms with Crippen molar-refractivity contribution in [2.45, 2.75) is 44.3 Å². The van der Waals surface area contributed by atoms with Crippen molar-refractivity contribution in [3.8, 4) is 5.75 Å². The molecular weight excluding hydrogens is 458 g/mol. The number of primary amides is 1. The number of hydrogen-bond donors (Lipinski definition) is 4. The first-order valence-electron chi connectivity index (χ1n) is 10.8. The van der Waals surface area contributed by atoms with Crippen molar-refractivity contribution in [3.63, 3.8) is 0 Å². The van der Waals surface area contributed by atoms with E-state index in [2.05, 4.69) is 10.3 Å². The fourth-order valence-electron chi connectivity index (χ4n) is 3.52. The van der Waals surface area contributed by atoms with E-state index in [0.717, 1.165) is 15.6 Å². The normalized spacial score (nSPS) is 12.5. The lowest BCUT2D eigenvalue weighted by molar-refractivity contribution is -0.117. The number of amides is 2. The molecule has 2 aromatic heterocycles. The molecule has 1 aromatic carbocycles. The largest absolute Gasteiger partial charge is 0.486 e. The number of anilines is 1. The first-order chi connectivity index (χ1) is 16.2. The van der Waals surface area contributed by atoms with Crippen LogP contribution in [-0.4, -0.2) is 52.1 Å². The third kappa shape index (κ3) is 6.89. The molecule has 0 aliphatic carbocycles. The Morgan fingerprint density at radius 2 is 1.88 bits per heavy atom. The van der Waals surface area contributed by atoms with Gasteiger partial charge in [-0.15, -0.1) is 11.3 Å². The van der Waals surface area contributed by atoms with Crippen LogP contribution >= 0.6 is 11.3 Å². The van der Waals surface area contributed by atoms with Gasteiger partial charge in [-0.05, 0) is 61.9 Å². The predicted molar refractivity (Wildman–Crippen MR) is 130 cm³/mol. The van der Waals surface area contributed by atoms with Gasteiger partial charge in [-0.3, -0.25) is 9.78 Å². The van der Waals surface area contributed by atoms with Crippen LogP contribution in [0.5, 0.6) is 5.75 Å². The summed E-state index contributed by atoms with van der Waals surface area (Å²) in [5, 5.41) is 23.1. The summed E-state index contributed by atoms with van der Waals surface area (Å²) in [7, 11) is 0. The zero-order valence-corrected chi connectivity index (χ0v) is 19.9. The van der Waals surface area contributed by atoms with E-state index in [-0.39, 0.29) is 19.1 Å². The van der Waals surface area contributed by atoms with Gasteiger partial charge in [0.1, 0.15) is 17.5 Å². The van der Waals surface area contributed by atoms with Crippen LogP contribution in [0.25, 0.3) is 10.1 Å². The summed E-state index contributed by atoms with van der Waals surface area (Å²) >= 11 is 1.44. The zero-order chi connectivity index (χ0) is 24.7. The van der Waals surface area contributed by atoms with Gasteiger partial charge in [0.2, 0.25) is 5.91 Å². The Balaban J connectivity index is 1.80. The second kappa shape index (κ2) is 11.3. The van der Waals surface area contributed by atoms with Gasteiger partial charge in [-0.25, -0.2) is 4.79 Å². The molecule has 0 saturated carbocycles. The molecule has 34 heavy (non-hydrogen) atoms. The number of thiophene rings is 1. The van der Waals surface area contributed by atoms with Gasteiger partial charge in [0.05, 0.1) is 28.8 Å². The zero-order valence-electron chi connectivity index (χ0n) is 19.1. The Morgan fingerprint density at radius 1 is 1.18 bits per heavy atom. The van der Waals surface area contributed by atoms with E-state index in [9.17, 15) is 19.8 Å². The van der Waals surface area contributed by atoms with Crippen molar-refractivity contribution in [1.29, 1.82) is 0 Å². The molecule has 182 valence electrons. The van der Waals surface area contributed by atoms with E-state index < -0.39 is 23.7 Å². The fourth-order valence-corrected chi connectivity index (χ4v) is 4.46. The molecule has 2 heterocycles. The minimum absolute atomic E-state index is 0.202. The molecule has 1 unspecified atom stereocenters. The molecule has 0 radical (unpaired) electrons. The number of nitrogens with zero attached hydrogens (tertiary/aromatic N) is 1. The summed E-state index contributed by atoms with van der Waals surface area (Å²) in [4.78, 5) is 28.7. The van der Waals surface area contributed by atoms with Crippen LogP contribution in [0.4, 0.5) is 9.80 Å². The van der Waals surface area contributed by atoms with Crippen LogP contribution in [0.3, 0.4) is 0 Å². The highest BCUT2D eigenvalue weighted by atomic mass is 32.1. The second-order valence-electron chi connectivity index (χ2n) is 8.46. The number of nitrogens with one attached hydrogen (secondary N) is 1. The number of carbonyl (C=O) groups excluding carboxylic acids is 2. The lowest BCUT2D eigenvalue weighted by Crippen LogP contribution is -2.32. The first-order valence-corrected chi connectivity index (χ1v) is 11.6. The topological polar surface area (TPSA) is 144 Å². The molecule has 2 amide bonds. The lowest BCUT2D eigenvalue weighted by Gasteiger charge is -2.26. The molecule has 1 atom stereocenters. The van der Waals surface area contributed by atoms with Gasteiger partial charge in [-0.2, -0.15) is 0 Å². The molecule has 3 rings (SSSR count). The van der Waals surface area contributed by atoms with Gasteiger partial charge >= 0.3 is 6.09 Å². The monoisotopic (exact) mass is 487 g/mol. The lowest BCUT2D eigenvalue weighted by atomic mass is 9.89. The summed E-state index contributed by atoms with van der Waals surface area (Å²) in [5.41, 5.74) is 5.08. The number of carbonyl (C=O) groups is 2. The summed E-state index contributed by atoms with van der Waals surface area (Å²) in [6.45, 7) is 2.85. The molecule has 0 aliphatic heterocycles. The number of aliphatic hydroxyl groups is 2. The van der Waals surface area contributed by atoms with Gasteiger partial charge in [-0.1, -0.05) is 12.1 Å². The Hall–Kier alpha value is -3.21. The average Bonchev–Trinajstić information content (AvgIpc) is 3.19. The number of ether oxygens (including phenoxy) is 2. The van der Waals surface area contributed by atoms with E-state index in [1.54, 1.807) is 50.5 Å². The van der Waals surface area contributed by atoms with E-state index in [1.165, 1.54) is 11.3 Å². The maximum atomic E-state index is 13.3. The van der Waals surface area contributed by atoms with Crippen LogP contribution in [0.15, 0.2) is 48.8 Å². The second-order valence-corrected chi connectivity index (χ2v) is 9.54. The first kappa shape index (κ1) is 25.4. The summed E-state index contributed by atoms with van der Waals surface area (Å²) < 4.78 is 11.7. The maximum Gasteiger partial charge on any atom is 0.405 e. The molecule has 10 heteroatoms. The van der Waals surface area contributed by atoms with Crippen molar-refractivity contribution in [2.75, 3.05) is 18.5 Å². The van der Waals surface area contributed by atoms with Crippen molar-refractivity contribution in [3.05, 3.63) is 54.4 Å². The van der Waals surface area contributed by atoms with E-state index in [1.807, 2.05) is 12.1 Å². The molecule has 9 nitrogen and oxygen atoms in total. The molecule has 0 aliphatic rings. The number of aliphatic hydroxyl groups excluding tert-OH is 2. The van der Waals surface area contributed by atoms with Crippen molar-refractivity contribution in [1.82, 2.24) is 4.98 Å². The van der Waals surface area contributed by atoms with Crippen LogP contribution in [0.1, 0.15) is 38.2 Å². The van der Waals surface area contributed by atoms with Crippen molar-refractivity contribution < 1.29 is 29.3 Å². The van der Waals surface area contributed by atoms with Crippen LogP contribution in [0.2, 0.25) is 0 Å². The smallest absolute Gasteiger partial charge is 0.405 e. The Labute approximate surface area is 201 Å². The minimum atomic E-state index is -0.867.